The summed E-state index contributed by atoms with van der Waals surface area (Å²) in [5.74, 6) is 0.992. The topological polar surface area (TPSA) is 123 Å². The van der Waals surface area contributed by atoms with Crippen molar-refractivity contribution in [3.63, 3.8) is 0 Å². The van der Waals surface area contributed by atoms with Crippen LogP contribution >= 0.6 is 0 Å². The minimum atomic E-state index is -3.87. The third-order valence-electron chi connectivity index (χ3n) is 4.94. The van der Waals surface area contributed by atoms with Crippen LogP contribution in [0, 0.1) is 20.8 Å². The largest absolute Gasteiger partial charge is 0.378 e. The van der Waals surface area contributed by atoms with Crippen molar-refractivity contribution in [2.75, 3.05) is 35.9 Å². The lowest BCUT2D eigenvalue weighted by molar-refractivity contribution is 0.122. The summed E-state index contributed by atoms with van der Waals surface area (Å²) in [7, 11) is -3.87. The molecule has 3 aromatic rings. The number of rotatable bonds is 5. The van der Waals surface area contributed by atoms with Crippen LogP contribution in [0.1, 0.15) is 17.1 Å². The lowest BCUT2D eigenvalue weighted by Gasteiger charge is -2.29. The molecule has 1 saturated heterocycles. The summed E-state index contributed by atoms with van der Waals surface area (Å²) >= 11 is 0. The Bertz CT molecular complexity index is 1170. The van der Waals surface area contributed by atoms with Crippen LogP contribution in [-0.4, -0.2) is 54.8 Å². The van der Waals surface area contributed by atoms with Crippen LogP contribution in [-0.2, 0) is 14.8 Å². The Morgan fingerprint density at radius 1 is 1.03 bits per heavy atom. The summed E-state index contributed by atoms with van der Waals surface area (Å²) in [5, 5.41) is 3.55. The average molecular weight is 430 g/mol. The minimum Gasteiger partial charge on any atom is -0.378 e. The van der Waals surface area contributed by atoms with E-state index in [9.17, 15) is 8.42 Å². The molecule has 1 aliphatic rings. The molecule has 4 rings (SSSR count). The van der Waals surface area contributed by atoms with E-state index in [1.54, 1.807) is 26.1 Å². The number of anilines is 2. The number of pyridine rings is 1. The third kappa shape index (κ3) is 3.85. The summed E-state index contributed by atoms with van der Waals surface area (Å²) in [5.41, 5.74) is 3.22. The Labute approximate surface area is 174 Å². The van der Waals surface area contributed by atoms with Gasteiger partial charge in [-0.25, -0.2) is 18.4 Å². The number of hydrogen-bond donors (Lipinski definition) is 1. The number of aromatic nitrogens is 4. The lowest BCUT2D eigenvalue weighted by Crippen LogP contribution is -2.37. The highest BCUT2D eigenvalue weighted by atomic mass is 32.2. The van der Waals surface area contributed by atoms with Crippen LogP contribution in [0.4, 0.5) is 11.5 Å². The molecule has 0 saturated carbocycles. The Morgan fingerprint density at radius 3 is 2.50 bits per heavy atom. The molecule has 0 bridgehead atoms. The third-order valence-corrected chi connectivity index (χ3v) is 6.40. The Balaban J connectivity index is 1.75. The smallest absolute Gasteiger partial charge is 0.267 e. The summed E-state index contributed by atoms with van der Waals surface area (Å²) < 4.78 is 38.5. The van der Waals surface area contributed by atoms with Crippen molar-refractivity contribution < 1.29 is 17.7 Å². The second kappa shape index (κ2) is 8.00. The number of aryl methyl sites for hydroxylation is 3. The van der Waals surface area contributed by atoms with Gasteiger partial charge in [0, 0.05) is 30.4 Å². The minimum absolute atomic E-state index is 0.0134. The van der Waals surface area contributed by atoms with Crippen LogP contribution in [0.25, 0.3) is 11.1 Å². The summed E-state index contributed by atoms with van der Waals surface area (Å²) in [6.45, 7) is 7.85. The van der Waals surface area contributed by atoms with Gasteiger partial charge < -0.3 is 14.2 Å². The van der Waals surface area contributed by atoms with E-state index in [4.69, 9.17) is 9.26 Å². The maximum atomic E-state index is 12.8. The first-order chi connectivity index (χ1) is 14.4. The number of ether oxygens (including phenoxy) is 1. The standard InChI is InChI=1S/C19H22N6O4S/c1-12-16(24-30(26,27)17-10-23-29-14(17)3)8-15(9-20-12)18-13(2)21-11-22-19(18)25-4-6-28-7-5-25/h8-11,24H,4-7H2,1-3H3. The SMILES string of the molecule is Cc1ncc(-c2c(C)ncnc2N2CCOCC2)cc1NS(=O)(=O)c1cnoc1C. The molecule has 0 amide bonds. The van der Waals surface area contributed by atoms with Gasteiger partial charge in [-0.2, -0.15) is 0 Å². The fraction of sp³-hybridized carbons (Fsp3) is 0.368. The van der Waals surface area contributed by atoms with Gasteiger partial charge in [0.2, 0.25) is 0 Å². The maximum absolute atomic E-state index is 12.8. The molecule has 0 aliphatic carbocycles. The van der Waals surface area contributed by atoms with Gasteiger partial charge in [0.05, 0.1) is 36.5 Å². The highest BCUT2D eigenvalue weighted by molar-refractivity contribution is 7.92. The molecule has 158 valence electrons. The molecule has 30 heavy (non-hydrogen) atoms. The first-order valence-electron chi connectivity index (χ1n) is 9.42. The first-order valence-corrected chi connectivity index (χ1v) is 10.9. The van der Waals surface area contributed by atoms with Gasteiger partial charge in [-0.1, -0.05) is 5.16 Å². The van der Waals surface area contributed by atoms with Crippen LogP contribution in [0.5, 0.6) is 0 Å². The summed E-state index contributed by atoms with van der Waals surface area (Å²) in [6.07, 6.45) is 4.41. The van der Waals surface area contributed by atoms with Gasteiger partial charge >= 0.3 is 0 Å². The van der Waals surface area contributed by atoms with E-state index < -0.39 is 10.0 Å². The van der Waals surface area contributed by atoms with E-state index in [2.05, 4.69) is 29.7 Å². The summed E-state index contributed by atoms with van der Waals surface area (Å²) in [6, 6.07) is 1.75. The van der Waals surface area contributed by atoms with Crippen molar-refractivity contribution in [3.8, 4) is 11.1 Å². The van der Waals surface area contributed by atoms with E-state index in [1.165, 1.54) is 12.5 Å². The van der Waals surface area contributed by atoms with Gasteiger partial charge in [0.15, 0.2) is 5.76 Å². The van der Waals surface area contributed by atoms with Gasteiger partial charge in [-0.05, 0) is 26.8 Å². The van der Waals surface area contributed by atoms with Crippen LogP contribution in [0.15, 0.2) is 34.2 Å². The van der Waals surface area contributed by atoms with Crippen LogP contribution < -0.4 is 9.62 Å². The maximum Gasteiger partial charge on any atom is 0.267 e. The molecule has 10 nitrogen and oxygen atoms in total. The van der Waals surface area contributed by atoms with Crippen molar-refractivity contribution >= 4 is 21.5 Å². The molecule has 0 radical (unpaired) electrons. The predicted octanol–water partition coefficient (Wildman–Crippen LogP) is 2.09. The zero-order valence-electron chi connectivity index (χ0n) is 16.9. The molecule has 0 spiro atoms. The zero-order valence-corrected chi connectivity index (χ0v) is 17.7. The number of hydrogen-bond acceptors (Lipinski definition) is 9. The molecule has 0 aromatic carbocycles. The van der Waals surface area contributed by atoms with E-state index >= 15 is 0 Å². The summed E-state index contributed by atoms with van der Waals surface area (Å²) in [4.78, 5) is 15.4. The Morgan fingerprint density at radius 2 is 1.80 bits per heavy atom. The second-order valence-corrected chi connectivity index (χ2v) is 8.62. The molecule has 0 atom stereocenters. The number of morpholine rings is 1. The molecule has 1 aliphatic heterocycles. The quantitative estimate of drug-likeness (QED) is 0.648. The number of nitrogens with zero attached hydrogens (tertiary/aromatic N) is 5. The fourth-order valence-electron chi connectivity index (χ4n) is 3.33. The highest BCUT2D eigenvalue weighted by Crippen LogP contribution is 2.33. The van der Waals surface area contributed by atoms with Crippen molar-refractivity contribution in [1.29, 1.82) is 0 Å². The monoisotopic (exact) mass is 430 g/mol. The molecule has 11 heteroatoms. The van der Waals surface area contributed by atoms with E-state index in [0.29, 0.717) is 24.6 Å². The molecule has 3 aromatic heterocycles. The first kappa shape index (κ1) is 20.2. The van der Waals surface area contributed by atoms with Crippen molar-refractivity contribution in [2.24, 2.45) is 0 Å². The molecular formula is C19H22N6O4S. The van der Waals surface area contributed by atoms with E-state index in [0.717, 1.165) is 35.7 Å². The Hall–Kier alpha value is -3.05. The van der Waals surface area contributed by atoms with Gasteiger partial charge in [-0.3, -0.25) is 9.71 Å². The highest BCUT2D eigenvalue weighted by Gasteiger charge is 2.23. The zero-order chi connectivity index (χ0) is 21.3. The molecule has 0 unspecified atom stereocenters. The average Bonchev–Trinajstić information content (AvgIpc) is 3.17. The van der Waals surface area contributed by atoms with Gasteiger partial charge in [0.25, 0.3) is 10.0 Å². The number of nitrogens with one attached hydrogen (secondary N) is 1. The number of sulfonamides is 1. The van der Waals surface area contributed by atoms with Crippen molar-refractivity contribution in [3.05, 3.63) is 41.9 Å². The Kier molecular flexibility index (Phi) is 5.39. The van der Waals surface area contributed by atoms with Crippen LogP contribution in [0.2, 0.25) is 0 Å². The molecule has 1 fully saturated rings. The molecule has 4 heterocycles. The van der Waals surface area contributed by atoms with Gasteiger partial charge in [0.1, 0.15) is 17.0 Å². The second-order valence-electron chi connectivity index (χ2n) is 6.97. The normalized spacial score (nSPS) is 14.7. The fourth-order valence-corrected chi connectivity index (χ4v) is 4.54. The molecule has 1 N–H and O–H groups in total. The van der Waals surface area contributed by atoms with E-state index in [-0.39, 0.29) is 10.7 Å². The van der Waals surface area contributed by atoms with Crippen molar-refractivity contribution in [2.45, 2.75) is 25.7 Å². The lowest BCUT2D eigenvalue weighted by atomic mass is 10.0. The van der Waals surface area contributed by atoms with Crippen LogP contribution in [0.3, 0.4) is 0 Å². The van der Waals surface area contributed by atoms with E-state index in [1.807, 2.05) is 6.92 Å². The van der Waals surface area contributed by atoms with Crippen molar-refractivity contribution in [1.82, 2.24) is 20.1 Å². The van der Waals surface area contributed by atoms with Gasteiger partial charge in [-0.15, -0.1) is 0 Å². The molecular weight excluding hydrogens is 408 g/mol. The predicted molar refractivity (Wildman–Crippen MR) is 110 cm³/mol.